The van der Waals surface area contributed by atoms with Crippen molar-refractivity contribution in [3.8, 4) is 0 Å². The Labute approximate surface area is 116 Å². The Morgan fingerprint density at radius 1 is 1.37 bits per heavy atom. The highest BCUT2D eigenvalue weighted by atomic mass is 32.1. The van der Waals surface area contributed by atoms with Crippen LogP contribution in [-0.2, 0) is 6.42 Å². The predicted octanol–water partition coefficient (Wildman–Crippen LogP) is 3.29. The summed E-state index contributed by atoms with van der Waals surface area (Å²) in [6.07, 6.45) is 4.03. The van der Waals surface area contributed by atoms with E-state index in [4.69, 9.17) is 0 Å². The Morgan fingerprint density at radius 3 is 2.95 bits per heavy atom. The van der Waals surface area contributed by atoms with Crippen molar-refractivity contribution in [3.63, 3.8) is 0 Å². The molecular weight excluding hydrogens is 256 g/mol. The van der Waals surface area contributed by atoms with Gasteiger partial charge in [0.1, 0.15) is 0 Å². The van der Waals surface area contributed by atoms with Crippen LogP contribution in [0.1, 0.15) is 28.5 Å². The number of imidazole rings is 1. The van der Waals surface area contributed by atoms with E-state index in [0.717, 1.165) is 21.8 Å². The van der Waals surface area contributed by atoms with E-state index >= 15 is 0 Å². The Balaban J connectivity index is 1.84. The van der Waals surface area contributed by atoms with Crippen LogP contribution >= 0.6 is 11.3 Å². The van der Waals surface area contributed by atoms with Crippen LogP contribution in [0.3, 0.4) is 0 Å². The lowest BCUT2D eigenvalue weighted by atomic mass is 9.98. The van der Waals surface area contributed by atoms with E-state index in [-0.39, 0.29) is 0 Å². The monoisotopic (exact) mass is 272 g/mol. The summed E-state index contributed by atoms with van der Waals surface area (Å²) < 4.78 is 1.99. The molecule has 0 aliphatic carbocycles. The molecule has 0 saturated heterocycles. The van der Waals surface area contributed by atoms with Gasteiger partial charge in [-0.25, -0.2) is 4.98 Å². The zero-order valence-electron chi connectivity index (χ0n) is 11.0. The number of aromatic nitrogens is 2. The quantitative estimate of drug-likeness (QED) is 0.794. The molecule has 0 bridgehead atoms. The lowest BCUT2D eigenvalue weighted by Gasteiger charge is -2.13. The molecule has 3 rings (SSSR count). The molecule has 0 aliphatic rings. The highest BCUT2D eigenvalue weighted by Gasteiger charge is 2.13. The fraction of sp³-hybridized carbons (Fsp3) is 0.267. The van der Waals surface area contributed by atoms with Gasteiger partial charge in [-0.05, 0) is 25.0 Å². The first-order valence-electron chi connectivity index (χ1n) is 6.30. The summed E-state index contributed by atoms with van der Waals surface area (Å²) in [5.74, 6) is 0. The van der Waals surface area contributed by atoms with Gasteiger partial charge in [0.25, 0.3) is 0 Å². The average molecular weight is 272 g/mol. The predicted molar refractivity (Wildman–Crippen MR) is 77.6 cm³/mol. The molecule has 4 heteroatoms. The molecule has 2 aromatic heterocycles. The lowest BCUT2D eigenvalue weighted by molar-refractivity contribution is 0.176. The molecule has 19 heavy (non-hydrogen) atoms. The number of aliphatic hydroxyl groups is 1. The minimum Gasteiger partial charge on any atom is -0.388 e. The minimum absolute atomic E-state index is 0.495. The van der Waals surface area contributed by atoms with Crippen molar-refractivity contribution in [2.24, 2.45) is 0 Å². The Hall–Kier alpha value is -1.65. The molecule has 0 radical (unpaired) electrons. The van der Waals surface area contributed by atoms with Crippen LogP contribution < -0.4 is 0 Å². The highest BCUT2D eigenvalue weighted by molar-refractivity contribution is 7.15. The van der Waals surface area contributed by atoms with Crippen LogP contribution in [0.5, 0.6) is 0 Å². The summed E-state index contributed by atoms with van der Waals surface area (Å²) in [6.45, 7) is 4.10. The average Bonchev–Trinajstić information content (AvgIpc) is 2.89. The normalized spacial score (nSPS) is 13.0. The molecule has 0 spiro atoms. The van der Waals surface area contributed by atoms with Crippen molar-refractivity contribution in [1.82, 2.24) is 9.38 Å². The van der Waals surface area contributed by atoms with Crippen molar-refractivity contribution < 1.29 is 5.11 Å². The topological polar surface area (TPSA) is 37.5 Å². The van der Waals surface area contributed by atoms with Crippen molar-refractivity contribution in [2.45, 2.75) is 26.4 Å². The smallest absolute Gasteiger partial charge is 0.193 e. The van der Waals surface area contributed by atoms with Gasteiger partial charge < -0.3 is 5.11 Å². The van der Waals surface area contributed by atoms with E-state index in [1.807, 2.05) is 41.2 Å². The molecule has 1 N–H and O–H groups in total. The van der Waals surface area contributed by atoms with E-state index in [2.05, 4.69) is 18.0 Å². The Kier molecular flexibility index (Phi) is 3.12. The molecule has 1 aromatic carbocycles. The zero-order valence-corrected chi connectivity index (χ0v) is 11.8. The molecule has 3 aromatic rings. The van der Waals surface area contributed by atoms with Crippen LogP contribution in [0.4, 0.5) is 0 Å². The molecule has 1 atom stereocenters. The maximum atomic E-state index is 10.4. The first kappa shape index (κ1) is 12.4. The number of thiazole rings is 1. The van der Waals surface area contributed by atoms with Crippen LogP contribution in [0.2, 0.25) is 0 Å². The molecule has 2 heterocycles. The minimum atomic E-state index is -0.495. The van der Waals surface area contributed by atoms with Gasteiger partial charge in [-0.3, -0.25) is 4.40 Å². The molecule has 0 saturated carbocycles. The van der Waals surface area contributed by atoms with E-state index in [1.54, 1.807) is 11.3 Å². The first-order valence-corrected chi connectivity index (χ1v) is 7.18. The number of aryl methyl sites for hydroxylation is 2. The highest BCUT2D eigenvalue weighted by Crippen LogP contribution is 2.23. The molecule has 0 amide bonds. The molecule has 3 nitrogen and oxygen atoms in total. The number of hydrogen-bond donors (Lipinski definition) is 1. The fourth-order valence-corrected chi connectivity index (χ4v) is 3.10. The molecule has 98 valence electrons. The molecule has 0 fully saturated rings. The number of hydrogen-bond acceptors (Lipinski definition) is 3. The second kappa shape index (κ2) is 4.79. The van der Waals surface area contributed by atoms with Crippen LogP contribution in [0.15, 0.2) is 36.0 Å². The summed E-state index contributed by atoms with van der Waals surface area (Å²) >= 11 is 1.61. The van der Waals surface area contributed by atoms with Gasteiger partial charge in [0.05, 0.1) is 11.8 Å². The third-order valence-electron chi connectivity index (χ3n) is 3.33. The lowest BCUT2D eigenvalue weighted by Crippen LogP contribution is -2.04. The Bertz CT molecular complexity index is 685. The van der Waals surface area contributed by atoms with Gasteiger partial charge in [0.2, 0.25) is 0 Å². The van der Waals surface area contributed by atoms with E-state index in [1.165, 1.54) is 5.56 Å². The number of fused-ring (bicyclic) bond motifs is 1. The standard InChI is InChI=1S/C15H16N2OS/c1-10-3-4-13(11(2)7-10)14(18)8-12-9-17-5-6-19-15(17)16-12/h3-7,9,14,18H,8H2,1-2H3. The van der Waals surface area contributed by atoms with Gasteiger partial charge in [0.15, 0.2) is 4.96 Å². The third kappa shape index (κ3) is 2.41. The maximum absolute atomic E-state index is 10.4. The SMILES string of the molecule is Cc1ccc(C(O)Cc2cn3ccsc3n2)c(C)c1. The van der Waals surface area contributed by atoms with Gasteiger partial charge in [-0.2, -0.15) is 0 Å². The van der Waals surface area contributed by atoms with Crippen LogP contribution in [0, 0.1) is 13.8 Å². The molecule has 1 unspecified atom stereocenters. The summed E-state index contributed by atoms with van der Waals surface area (Å²) in [6, 6.07) is 6.15. The second-order valence-electron chi connectivity index (χ2n) is 4.91. The second-order valence-corrected chi connectivity index (χ2v) is 5.78. The van der Waals surface area contributed by atoms with Gasteiger partial charge >= 0.3 is 0 Å². The fourth-order valence-electron chi connectivity index (χ4n) is 2.38. The molecule has 0 aliphatic heterocycles. The van der Waals surface area contributed by atoms with E-state index < -0.39 is 6.10 Å². The summed E-state index contributed by atoms with van der Waals surface area (Å²) in [5.41, 5.74) is 4.27. The van der Waals surface area contributed by atoms with Crippen LogP contribution in [0.25, 0.3) is 4.96 Å². The van der Waals surface area contributed by atoms with Crippen molar-refractivity contribution in [3.05, 3.63) is 58.4 Å². The van der Waals surface area contributed by atoms with Gasteiger partial charge in [-0.1, -0.05) is 23.8 Å². The number of aliphatic hydroxyl groups excluding tert-OH is 1. The zero-order chi connectivity index (χ0) is 13.4. The van der Waals surface area contributed by atoms with Gasteiger partial charge in [0, 0.05) is 24.2 Å². The number of nitrogens with zero attached hydrogens (tertiary/aromatic N) is 2. The van der Waals surface area contributed by atoms with E-state index in [0.29, 0.717) is 6.42 Å². The Morgan fingerprint density at radius 2 is 2.21 bits per heavy atom. The molecular formula is C15H16N2OS. The summed E-state index contributed by atoms with van der Waals surface area (Å²) in [4.78, 5) is 5.48. The van der Waals surface area contributed by atoms with Crippen LogP contribution in [-0.4, -0.2) is 14.5 Å². The number of rotatable bonds is 3. The van der Waals surface area contributed by atoms with Crippen molar-refractivity contribution in [1.29, 1.82) is 0 Å². The third-order valence-corrected chi connectivity index (χ3v) is 4.10. The van der Waals surface area contributed by atoms with Gasteiger partial charge in [-0.15, -0.1) is 11.3 Å². The summed E-state index contributed by atoms with van der Waals surface area (Å²) in [7, 11) is 0. The largest absolute Gasteiger partial charge is 0.388 e. The maximum Gasteiger partial charge on any atom is 0.193 e. The van der Waals surface area contributed by atoms with Crippen molar-refractivity contribution >= 4 is 16.3 Å². The first-order chi connectivity index (χ1) is 9.13. The van der Waals surface area contributed by atoms with Crippen molar-refractivity contribution in [2.75, 3.05) is 0 Å². The number of benzene rings is 1. The van der Waals surface area contributed by atoms with E-state index in [9.17, 15) is 5.11 Å². The summed E-state index contributed by atoms with van der Waals surface area (Å²) in [5, 5.41) is 12.4.